The first kappa shape index (κ1) is 26.3. The molecule has 0 heterocycles. The van der Waals surface area contributed by atoms with E-state index in [-0.39, 0.29) is 5.91 Å². The van der Waals surface area contributed by atoms with Crippen molar-refractivity contribution in [3.63, 3.8) is 0 Å². The highest BCUT2D eigenvalue weighted by Crippen LogP contribution is 2.38. The second kappa shape index (κ2) is 14.2. The first-order chi connectivity index (χ1) is 16.0. The van der Waals surface area contributed by atoms with Gasteiger partial charge in [-0.2, -0.15) is 0 Å². The van der Waals surface area contributed by atoms with E-state index < -0.39 is 0 Å². The van der Waals surface area contributed by atoms with E-state index in [0.29, 0.717) is 35.9 Å². The van der Waals surface area contributed by atoms with Crippen molar-refractivity contribution in [1.82, 2.24) is 10.2 Å². The number of unbranched alkanes of at least 4 members (excludes halogenated alkanes) is 3. The van der Waals surface area contributed by atoms with E-state index in [1.54, 1.807) is 33.5 Å². The van der Waals surface area contributed by atoms with Crippen LogP contribution in [0.3, 0.4) is 0 Å². The fraction of sp³-hybridized carbons (Fsp3) is 0.444. The summed E-state index contributed by atoms with van der Waals surface area (Å²) in [6, 6.07) is 13.6. The molecule has 180 valence electrons. The molecular formula is C27H38N2O4. The molecule has 2 rings (SSSR count). The monoisotopic (exact) mass is 454 g/mol. The Morgan fingerprint density at radius 1 is 0.939 bits per heavy atom. The summed E-state index contributed by atoms with van der Waals surface area (Å²) in [4.78, 5) is 15.5. The molecule has 33 heavy (non-hydrogen) atoms. The van der Waals surface area contributed by atoms with Crippen molar-refractivity contribution in [2.75, 3.05) is 48.0 Å². The molecule has 0 spiro atoms. The minimum atomic E-state index is -0.0507. The highest BCUT2D eigenvalue weighted by atomic mass is 16.5. The quantitative estimate of drug-likeness (QED) is 0.405. The third-order valence-electron chi connectivity index (χ3n) is 5.46. The number of nitrogens with one attached hydrogen (secondary N) is 1. The predicted octanol–water partition coefficient (Wildman–Crippen LogP) is 5.04. The highest BCUT2D eigenvalue weighted by molar-refractivity contribution is 5.96. The molecule has 0 bridgehead atoms. The van der Waals surface area contributed by atoms with Crippen molar-refractivity contribution < 1.29 is 19.0 Å². The molecule has 0 unspecified atom stereocenters. The Morgan fingerprint density at radius 3 is 2.15 bits per heavy atom. The Labute approximate surface area is 198 Å². The summed E-state index contributed by atoms with van der Waals surface area (Å²) in [6.07, 6.45) is 6.46. The lowest BCUT2D eigenvalue weighted by Crippen LogP contribution is -2.33. The van der Waals surface area contributed by atoms with E-state index in [2.05, 4.69) is 30.4 Å². The Bertz CT molecular complexity index is 871. The van der Waals surface area contributed by atoms with Crippen LogP contribution in [0.4, 0.5) is 0 Å². The molecule has 0 radical (unpaired) electrons. The van der Waals surface area contributed by atoms with Crippen LogP contribution in [0.1, 0.15) is 48.5 Å². The van der Waals surface area contributed by atoms with Gasteiger partial charge < -0.3 is 24.4 Å². The molecule has 0 fully saturated rings. The molecule has 2 aromatic carbocycles. The number of carbonyl (C=O) groups is 1. The van der Waals surface area contributed by atoms with Gasteiger partial charge in [-0.1, -0.05) is 54.8 Å². The maximum atomic E-state index is 13.6. The highest BCUT2D eigenvalue weighted by Gasteiger charge is 2.21. The summed E-state index contributed by atoms with van der Waals surface area (Å²) in [7, 11) is 6.64. The molecule has 2 aromatic rings. The third kappa shape index (κ3) is 8.13. The lowest BCUT2D eigenvalue weighted by atomic mass is 10.1. The van der Waals surface area contributed by atoms with Gasteiger partial charge in [0.1, 0.15) is 0 Å². The molecule has 0 aliphatic rings. The van der Waals surface area contributed by atoms with Crippen LogP contribution in [-0.2, 0) is 0 Å². The van der Waals surface area contributed by atoms with Crippen molar-refractivity contribution in [1.29, 1.82) is 0 Å². The molecule has 0 aromatic heterocycles. The van der Waals surface area contributed by atoms with Crippen molar-refractivity contribution in [3.05, 3.63) is 59.2 Å². The van der Waals surface area contributed by atoms with Crippen LogP contribution in [0.25, 0.3) is 6.08 Å². The molecule has 0 saturated heterocycles. The average Bonchev–Trinajstić information content (AvgIpc) is 2.84. The number of benzene rings is 2. The standard InChI is InChI=1S/C27H38N2O4/c1-21(17-22-13-9-8-10-14-22)20-29(16-12-7-6-11-15-28-2)27(30)23-18-24(31-3)26(33-5)25(19-23)32-4/h8-10,13-14,17-19,28H,6-7,11-12,15-16,20H2,1-5H3/b21-17+. The Balaban J connectivity index is 2.24. The average molecular weight is 455 g/mol. The minimum absolute atomic E-state index is 0.0507. The van der Waals surface area contributed by atoms with E-state index >= 15 is 0 Å². The van der Waals surface area contributed by atoms with Crippen molar-refractivity contribution in [2.45, 2.75) is 32.6 Å². The van der Waals surface area contributed by atoms with Crippen LogP contribution in [0.15, 0.2) is 48.0 Å². The number of nitrogens with zero attached hydrogens (tertiary/aromatic N) is 1. The topological polar surface area (TPSA) is 60.0 Å². The molecule has 1 N–H and O–H groups in total. The van der Waals surface area contributed by atoms with Crippen molar-refractivity contribution in [3.8, 4) is 17.2 Å². The van der Waals surface area contributed by atoms with Crippen LogP contribution in [-0.4, -0.2) is 58.8 Å². The summed E-state index contributed by atoms with van der Waals surface area (Å²) >= 11 is 0. The summed E-state index contributed by atoms with van der Waals surface area (Å²) in [5, 5.41) is 3.18. The second-order valence-electron chi connectivity index (χ2n) is 8.06. The number of ether oxygens (including phenoxy) is 3. The van der Waals surface area contributed by atoms with Gasteiger partial charge in [0.25, 0.3) is 5.91 Å². The van der Waals surface area contributed by atoms with Gasteiger partial charge in [0.2, 0.25) is 5.75 Å². The normalized spacial score (nSPS) is 11.2. The lowest BCUT2D eigenvalue weighted by Gasteiger charge is -2.24. The number of rotatable bonds is 14. The smallest absolute Gasteiger partial charge is 0.254 e. The number of hydrogen-bond acceptors (Lipinski definition) is 5. The maximum Gasteiger partial charge on any atom is 0.254 e. The van der Waals surface area contributed by atoms with Crippen molar-refractivity contribution >= 4 is 12.0 Å². The van der Waals surface area contributed by atoms with Gasteiger partial charge in [0.05, 0.1) is 21.3 Å². The molecule has 0 aliphatic carbocycles. The minimum Gasteiger partial charge on any atom is -0.493 e. The van der Waals surface area contributed by atoms with Gasteiger partial charge in [-0.15, -0.1) is 0 Å². The number of carbonyl (C=O) groups excluding carboxylic acids is 1. The number of amides is 1. The summed E-state index contributed by atoms with van der Waals surface area (Å²) in [5.74, 6) is 1.38. The van der Waals surface area contributed by atoms with Gasteiger partial charge >= 0.3 is 0 Å². The van der Waals surface area contributed by atoms with Gasteiger partial charge in [0, 0.05) is 18.7 Å². The third-order valence-corrected chi connectivity index (χ3v) is 5.46. The molecule has 0 saturated carbocycles. The zero-order chi connectivity index (χ0) is 24.1. The molecule has 6 heteroatoms. The zero-order valence-electron chi connectivity index (χ0n) is 20.6. The largest absolute Gasteiger partial charge is 0.493 e. The first-order valence-corrected chi connectivity index (χ1v) is 11.5. The van der Waals surface area contributed by atoms with E-state index in [1.807, 2.05) is 30.1 Å². The molecule has 6 nitrogen and oxygen atoms in total. The maximum absolute atomic E-state index is 13.6. The lowest BCUT2D eigenvalue weighted by molar-refractivity contribution is 0.0766. The summed E-state index contributed by atoms with van der Waals surface area (Å²) in [5.41, 5.74) is 2.77. The Kier molecular flexibility index (Phi) is 11.3. The van der Waals surface area contributed by atoms with Crippen LogP contribution in [0.2, 0.25) is 0 Å². The fourth-order valence-electron chi connectivity index (χ4n) is 3.78. The Morgan fingerprint density at radius 2 is 1.58 bits per heavy atom. The second-order valence-corrected chi connectivity index (χ2v) is 8.06. The Hall–Kier alpha value is -2.99. The van der Waals surface area contributed by atoms with E-state index in [4.69, 9.17) is 14.2 Å². The molecular weight excluding hydrogens is 416 g/mol. The van der Waals surface area contributed by atoms with E-state index in [1.165, 1.54) is 0 Å². The van der Waals surface area contributed by atoms with Crippen LogP contribution in [0, 0.1) is 0 Å². The van der Waals surface area contributed by atoms with Gasteiger partial charge in [-0.05, 0) is 51.1 Å². The molecule has 0 atom stereocenters. The zero-order valence-corrected chi connectivity index (χ0v) is 20.6. The van der Waals surface area contributed by atoms with Crippen LogP contribution < -0.4 is 19.5 Å². The van der Waals surface area contributed by atoms with E-state index in [9.17, 15) is 4.79 Å². The van der Waals surface area contributed by atoms with Crippen LogP contribution >= 0.6 is 0 Å². The summed E-state index contributed by atoms with van der Waals surface area (Å²) in [6.45, 7) is 4.33. The van der Waals surface area contributed by atoms with Gasteiger partial charge in [-0.25, -0.2) is 0 Å². The first-order valence-electron chi connectivity index (χ1n) is 11.5. The fourth-order valence-corrected chi connectivity index (χ4v) is 3.78. The number of methoxy groups -OCH3 is 3. The number of hydrogen-bond donors (Lipinski definition) is 1. The summed E-state index contributed by atoms with van der Waals surface area (Å²) < 4.78 is 16.3. The van der Waals surface area contributed by atoms with E-state index in [0.717, 1.165) is 43.4 Å². The molecule has 0 aliphatic heterocycles. The molecule has 1 amide bonds. The van der Waals surface area contributed by atoms with Crippen LogP contribution in [0.5, 0.6) is 17.2 Å². The predicted molar refractivity (Wildman–Crippen MR) is 134 cm³/mol. The van der Waals surface area contributed by atoms with Crippen molar-refractivity contribution in [2.24, 2.45) is 0 Å². The van der Waals surface area contributed by atoms with Gasteiger partial charge in [0.15, 0.2) is 11.5 Å². The SMILES string of the molecule is CNCCCCCCN(C/C(C)=C/c1ccccc1)C(=O)c1cc(OC)c(OC)c(OC)c1. The van der Waals surface area contributed by atoms with Gasteiger partial charge in [-0.3, -0.25) is 4.79 Å².